The summed E-state index contributed by atoms with van der Waals surface area (Å²) in [6, 6.07) is 21.6. The van der Waals surface area contributed by atoms with E-state index in [1.54, 1.807) is 0 Å². The minimum atomic E-state index is -0.0585. The van der Waals surface area contributed by atoms with Gasteiger partial charge in [0.2, 0.25) is 0 Å². The predicted molar refractivity (Wildman–Crippen MR) is 153 cm³/mol. The summed E-state index contributed by atoms with van der Waals surface area (Å²) in [6.07, 6.45) is 2.85. The minimum absolute atomic E-state index is 0.0245. The Balaban J connectivity index is 1.72. The maximum Gasteiger partial charge on any atom is 0.174 e. The van der Waals surface area contributed by atoms with E-state index in [0.717, 1.165) is 22.9 Å². The summed E-state index contributed by atoms with van der Waals surface area (Å²) in [5, 5.41) is 4.35. The number of aryl methyl sites for hydroxylation is 5. The van der Waals surface area contributed by atoms with E-state index in [9.17, 15) is 0 Å². The number of hydrogen-bond acceptors (Lipinski definition) is 2. The molecule has 1 aliphatic rings. The van der Waals surface area contributed by atoms with Crippen molar-refractivity contribution in [2.75, 3.05) is 4.90 Å². The normalized spacial score (nSPS) is 17.5. The van der Waals surface area contributed by atoms with E-state index in [2.05, 4.69) is 105 Å². The maximum atomic E-state index is 5.97. The Hall–Kier alpha value is -3.44. The second-order valence-corrected chi connectivity index (χ2v) is 10.2. The molecule has 0 radical (unpaired) electrons. The van der Waals surface area contributed by atoms with Crippen LogP contribution >= 0.6 is 12.2 Å². The van der Waals surface area contributed by atoms with Gasteiger partial charge in [0.15, 0.2) is 5.11 Å². The van der Waals surface area contributed by atoms with Gasteiger partial charge in [-0.25, -0.2) is 0 Å². The molecule has 3 heterocycles. The van der Waals surface area contributed by atoms with Crippen LogP contribution in [0.5, 0.6) is 0 Å². The predicted octanol–water partition coefficient (Wildman–Crippen LogP) is 7.15. The summed E-state index contributed by atoms with van der Waals surface area (Å²) in [6.45, 7) is 13.2. The second-order valence-electron chi connectivity index (χ2n) is 9.86. The van der Waals surface area contributed by atoms with Gasteiger partial charge < -0.3 is 14.8 Å². The van der Waals surface area contributed by atoms with Crippen molar-refractivity contribution < 1.29 is 0 Å². The first-order chi connectivity index (χ1) is 17.3. The molecule has 0 bridgehead atoms. The zero-order valence-electron chi connectivity index (χ0n) is 22.0. The van der Waals surface area contributed by atoms with E-state index in [4.69, 9.17) is 17.2 Å². The quantitative estimate of drug-likeness (QED) is 0.299. The summed E-state index contributed by atoms with van der Waals surface area (Å²) < 4.78 is 2.43. The van der Waals surface area contributed by atoms with Gasteiger partial charge in [0.05, 0.1) is 23.5 Å². The van der Waals surface area contributed by atoms with Gasteiger partial charge in [-0.15, -0.1) is 0 Å². The van der Waals surface area contributed by atoms with Crippen LogP contribution < -0.4 is 10.2 Å². The van der Waals surface area contributed by atoms with Gasteiger partial charge in [-0.3, -0.25) is 4.98 Å². The molecule has 4 nitrogen and oxygen atoms in total. The highest BCUT2D eigenvalue weighted by atomic mass is 32.1. The average Bonchev–Trinajstić information content (AvgIpc) is 3.36. The summed E-state index contributed by atoms with van der Waals surface area (Å²) in [7, 11) is 0. The zero-order valence-corrected chi connectivity index (χ0v) is 22.8. The van der Waals surface area contributed by atoms with Gasteiger partial charge in [-0.1, -0.05) is 37.3 Å². The van der Waals surface area contributed by atoms with Gasteiger partial charge in [0, 0.05) is 23.3 Å². The Morgan fingerprint density at radius 3 is 2.39 bits per heavy atom. The lowest BCUT2D eigenvalue weighted by Crippen LogP contribution is -2.29. The Morgan fingerprint density at radius 2 is 1.69 bits per heavy atom. The van der Waals surface area contributed by atoms with Crippen molar-refractivity contribution in [3.63, 3.8) is 0 Å². The molecule has 0 aliphatic carbocycles. The van der Waals surface area contributed by atoms with E-state index in [-0.39, 0.29) is 12.1 Å². The minimum Gasteiger partial charge on any atom is -0.351 e. The molecule has 5 rings (SSSR count). The van der Waals surface area contributed by atoms with Crippen LogP contribution in [0.25, 0.3) is 5.69 Å². The highest BCUT2D eigenvalue weighted by molar-refractivity contribution is 7.80. The van der Waals surface area contributed by atoms with E-state index >= 15 is 0 Å². The second kappa shape index (κ2) is 9.55. The number of rotatable bonds is 5. The van der Waals surface area contributed by atoms with Crippen LogP contribution in [0.3, 0.4) is 0 Å². The SMILES string of the molecule is CCc1cccc(C)c1-n1c(C)cc([C@@H]2[C@@H](c3ccccn3)NC(=S)N2c2ccc(C)c(C)c2)c1C. The van der Waals surface area contributed by atoms with Crippen LogP contribution in [0.1, 0.15) is 63.9 Å². The van der Waals surface area contributed by atoms with E-state index in [1.165, 1.54) is 44.9 Å². The largest absolute Gasteiger partial charge is 0.351 e. The number of benzene rings is 2. The number of nitrogens with one attached hydrogen (secondary N) is 1. The molecule has 0 unspecified atom stereocenters. The van der Waals surface area contributed by atoms with Crippen LogP contribution in [0.15, 0.2) is 66.9 Å². The summed E-state index contributed by atoms with van der Waals surface area (Å²) in [5.41, 5.74) is 12.3. The van der Waals surface area contributed by atoms with Gasteiger partial charge >= 0.3 is 0 Å². The van der Waals surface area contributed by atoms with Gasteiger partial charge in [0.1, 0.15) is 0 Å². The molecule has 1 saturated heterocycles. The van der Waals surface area contributed by atoms with Gasteiger partial charge in [0.25, 0.3) is 0 Å². The van der Waals surface area contributed by atoms with Crippen molar-refractivity contribution in [2.45, 2.75) is 60.0 Å². The van der Waals surface area contributed by atoms with Crippen molar-refractivity contribution in [3.8, 4) is 5.69 Å². The number of pyridine rings is 1. The Labute approximate surface area is 220 Å². The first-order valence-corrected chi connectivity index (χ1v) is 13.1. The van der Waals surface area contributed by atoms with Crippen LogP contribution in [-0.2, 0) is 6.42 Å². The Morgan fingerprint density at radius 1 is 0.889 bits per heavy atom. The summed E-state index contributed by atoms with van der Waals surface area (Å²) >= 11 is 5.97. The molecule has 1 fully saturated rings. The topological polar surface area (TPSA) is 33.1 Å². The van der Waals surface area contributed by atoms with Crippen molar-refractivity contribution in [3.05, 3.63) is 112 Å². The number of hydrogen-bond donors (Lipinski definition) is 1. The lowest BCUT2D eigenvalue weighted by atomic mass is 9.96. The standard InChI is InChI=1S/C31H34N4S/c1-7-24-12-10-11-20(3)29(24)34-22(5)18-26(23(34)6)30-28(27-13-8-9-16-32-27)33-31(36)35(30)25-15-14-19(2)21(4)17-25/h8-18,28,30H,7H2,1-6H3,(H,33,36)/t28-,30-/m1/s1. The highest BCUT2D eigenvalue weighted by Crippen LogP contribution is 2.44. The molecule has 0 amide bonds. The number of anilines is 1. The average molecular weight is 495 g/mol. The van der Waals surface area contributed by atoms with E-state index in [1.807, 2.05) is 18.3 Å². The number of thiocarbonyl (C=S) groups is 1. The fraction of sp³-hybridized carbons (Fsp3) is 0.290. The molecule has 4 aromatic rings. The zero-order chi connectivity index (χ0) is 25.6. The third-order valence-corrected chi connectivity index (χ3v) is 7.90. The van der Waals surface area contributed by atoms with Crippen molar-refractivity contribution in [2.24, 2.45) is 0 Å². The molecule has 2 aromatic carbocycles. The summed E-state index contributed by atoms with van der Waals surface area (Å²) in [4.78, 5) is 7.02. The first-order valence-electron chi connectivity index (χ1n) is 12.7. The fourth-order valence-electron chi connectivity index (χ4n) is 5.58. The van der Waals surface area contributed by atoms with Crippen LogP contribution in [0.2, 0.25) is 0 Å². The van der Waals surface area contributed by atoms with Gasteiger partial charge in [-0.05, 0) is 111 Å². The number of aromatic nitrogens is 2. The van der Waals surface area contributed by atoms with Crippen molar-refractivity contribution >= 4 is 23.0 Å². The Bertz CT molecular complexity index is 1440. The third-order valence-electron chi connectivity index (χ3n) is 7.58. The Kier molecular flexibility index (Phi) is 6.44. The van der Waals surface area contributed by atoms with Crippen LogP contribution in [0, 0.1) is 34.6 Å². The third kappa shape index (κ3) is 4.01. The maximum absolute atomic E-state index is 5.97. The molecule has 1 N–H and O–H groups in total. The molecular formula is C31H34N4S. The van der Waals surface area contributed by atoms with Gasteiger partial charge in [-0.2, -0.15) is 0 Å². The molecular weight excluding hydrogens is 460 g/mol. The molecule has 5 heteroatoms. The first kappa shape index (κ1) is 24.3. The molecule has 36 heavy (non-hydrogen) atoms. The molecule has 0 spiro atoms. The molecule has 0 saturated carbocycles. The monoisotopic (exact) mass is 494 g/mol. The molecule has 2 aromatic heterocycles. The molecule has 2 atom stereocenters. The number of para-hydroxylation sites is 1. The molecule has 184 valence electrons. The lowest BCUT2D eigenvalue weighted by Gasteiger charge is -2.29. The van der Waals surface area contributed by atoms with E-state index in [0.29, 0.717) is 0 Å². The number of nitrogens with zero attached hydrogens (tertiary/aromatic N) is 3. The smallest absolute Gasteiger partial charge is 0.174 e. The fourth-order valence-corrected chi connectivity index (χ4v) is 5.93. The lowest BCUT2D eigenvalue weighted by molar-refractivity contribution is 0.565. The van der Waals surface area contributed by atoms with Crippen LogP contribution in [0.4, 0.5) is 5.69 Å². The summed E-state index contributed by atoms with van der Waals surface area (Å²) in [5.74, 6) is 0. The van der Waals surface area contributed by atoms with E-state index < -0.39 is 0 Å². The van der Waals surface area contributed by atoms with Crippen molar-refractivity contribution in [1.82, 2.24) is 14.9 Å². The van der Waals surface area contributed by atoms with Crippen LogP contribution in [-0.4, -0.2) is 14.7 Å². The van der Waals surface area contributed by atoms with Crippen molar-refractivity contribution in [1.29, 1.82) is 0 Å². The highest BCUT2D eigenvalue weighted by Gasteiger charge is 2.42. The molecule has 1 aliphatic heterocycles.